The maximum Gasteiger partial charge on any atom is 0.0540 e. The van der Waals surface area contributed by atoms with Gasteiger partial charge in [0, 0.05) is 36.9 Å². The van der Waals surface area contributed by atoms with Crippen LogP contribution in [0.25, 0.3) is 74.4 Å². The van der Waals surface area contributed by atoms with Crippen LogP contribution in [-0.4, -0.2) is 0 Å². The first-order valence-electron chi connectivity index (χ1n) is 16.4. The molecule has 10 rings (SSSR count). The van der Waals surface area contributed by atoms with Crippen LogP contribution in [0.5, 0.6) is 0 Å². The van der Waals surface area contributed by atoms with Crippen LogP contribution < -0.4 is 4.90 Å². The van der Waals surface area contributed by atoms with Crippen molar-refractivity contribution in [2.45, 2.75) is 0 Å². The molecule has 0 unspecified atom stereocenters. The highest BCUT2D eigenvalue weighted by Crippen LogP contribution is 2.44. The minimum Gasteiger partial charge on any atom is -0.310 e. The van der Waals surface area contributed by atoms with Crippen molar-refractivity contribution in [3.05, 3.63) is 176 Å². The Bertz CT molecular complexity index is 2830. The maximum absolute atomic E-state index is 2.40. The largest absolute Gasteiger partial charge is 0.310 e. The molecule has 0 atom stereocenters. The number of hydrogen-bond acceptors (Lipinski definition) is 2. The molecular weight excluding hydrogens is 599 g/mol. The summed E-state index contributed by atoms with van der Waals surface area (Å²) in [5, 5.41) is 12.9. The van der Waals surface area contributed by atoms with E-state index in [4.69, 9.17) is 0 Å². The lowest BCUT2D eigenvalue weighted by Crippen LogP contribution is -2.10. The van der Waals surface area contributed by atoms with Gasteiger partial charge in [-0.2, -0.15) is 0 Å². The molecule has 0 bridgehead atoms. The molecule has 0 saturated heterocycles. The molecule has 0 N–H and O–H groups in total. The van der Waals surface area contributed by atoms with E-state index < -0.39 is 0 Å². The van der Waals surface area contributed by atoms with Crippen LogP contribution in [0.15, 0.2) is 176 Å². The molecule has 0 spiro atoms. The summed E-state index contributed by atoms with van der Waals surface area (Å²) >= 11 is 1.87. The molecule has 10 aromatic rings. The molecule has 9 aromatic carbocycles. The Morgan fingerprint density at radius 2 is 1.04 bits per heavy atom. The predicted octanol–water partition coefficient (Wildman–Crippen LogP) is 13.8. The van der Waals surface area contributed by atoms with Gasteiger partial charge in [0.1, 0.15) is 0 Å². The minimum absolute atomic E-state index is 1.13. The third-order valence-electron chi connectivity index (χ3n) is 9.81. The third-order valence-corrected chi connectivity index (χ3v) is 10.9. The summed E-state index contributed by atoms with van der Waals surface area (Å²) in [4.78, 5) is 2.40. The number of nitrogens with zero attached hydrogens (tertiary/aromatic N) is 1. The number of hydrogen-bond donors (Lipinski definition) is 0. The molecule has 0 aliphatic carbocycles. The molecule has 0 fully saturated rings. The fourth-order valence-corrected chi connectivity index (χ4v) is 8.71. The summed E-state index contributed by atoms with van der Waals surface area (Å²) in [6.07, 6.45) is 0. The van der Waals surface area contributed by atoms with Crippen LogP contribution in [0.2, 0.25) is 0 Å². The van der Waals surface area contributed by atoms with Crippen molar-refractivity contribution < 1.29 is 0 Å². The Kier molecular flexibility index (Phi) is 6.12. The number of rotatable bonds is 4. The molecule has 1 aromatic heterocycles. The summed E-state index contributed by atoms with van der Waals surface area (Å²) in [7, 11) is 0. The monoisotopic (exact) mass is 627 g/mol. The van der Waals surface area contributed by atoms with Crippen molar-refractivity contribution in [1.29, 1.82) is 0 Å². The number of thiophene rings is 1. The molecule has 0 aliphatic heterocycles. The molecular formula is C46H29NS. The molecule has 48 heavy (non-hydrogen) atoms. The van der Waals surface area contributed by atoms with E-state index in [0.29, 0.717) is 0 Å². The van der Waals surface area contributed by atoms with Gasteiger partial charge in [-0.25, -0.2) is 0 Å². The van der Waals surface area contributed by atoms with Gasteiger partial charge in [-0.3, -0.25) is 0 Å². The second-order valence-corrected chi connectivity index (χ2v) is 13.6. The van der Waals surface area contributed by atoms with E-state index in [0.717, 1.165) is 11.4 Å². The Hall–Kier alpha value is -5.96. The Balaban J connectivity index is 1.13. The van der Waals surface area contributed by atoms with E-state index in [9.17, 15) is 0 Å². The number of para-hydroxylation sites is 1. The molecule has 1 nitrogen and oxygen atoms in total. The average Bonchev–Trinajstić information content (AvgIpc) is 3.52. The van der Waals surface area contributed by atoms with E-state index in [1.54, 1.807) is 0 Å². The van der Waals surface area contributed by atoms with Crippen LogP contribution in [-0.2, 0) is 0 Å². The molecule has 0 amide bonds. The van der Waals surface area contributed by atoms with Crippen LogP contribution in [0, 0.1) is 0 Å². The standard InChI is InChI=1S/C46H29NS/c1-2-12-34(13-3-1)47(43-18-8-11-33-28-42-39-15-6-7-19-44(39)48-45(42)29-41(33)43)35-25-22-31(23-26-35)36-16-9-17-40-38(36)27-24-32-21-20-30-10-4-5-14-37(30)46(32)40/h1-29H. The van der Waals surface area contributed by atoms with Gasteiger partial charge in [0.25, 0.3) is 0 Å². The summed E-state index contributed by atoms with van der Waals surface area (Å²) in [6.45, 7) is 0. The number of anilines is 3. The minimum atomic E-state index is 1.13. The quantitative estimate of drug-likeness (QED) is 0.176. The predicted molar refractivity (Wildman–Crippen MR) is 209 cm³/mol. The van der Waals surface area contributed by atoms with E-state index in [-0.39, 0.29) is 0 Å². The summed E-state index contributed by atoms with van der Waals surface area (Å²) in [6, 6.07) is 64.5. The summed E-state index contributed by atoms with van der Waals surface area (Å²) in [5.74, 6) is 0. The molecule has 0 saturated carbocycles. The van der Waals surface area contributed by atoms with Crippen molar-refractivity contribution in [2.24, 2.45) is 0 Å². The van der Waals surface area contributed by atoms with Gasteiger partial charge in [0.05, 0.1) is 5.69 Å². The SMILES string of the molecule is c1ccc(N(c2ccc(-c3cccc4c3ccc3ccc5ccccc5c34)cc2)c2cccc3cc4c(cc23)sc2ccccc24)cc1. The molecule has 0 radical (unpaired) electrons. The second kappa shape index (κ2) is 10.8. The highest BCUT2D eigenvalue weighted by atomic mass is 32.1. The smallest absolute Gasteiger partial charge is 0.0540 e. The van der Waals surface area contributed by atoms with Crippen LogP contribution in [0.3, 0.4) is 0 Å². The topological polar surface area (TPSA) is 3.24 Å². The average molecular weight is 628 g/mol. The first-order chi connectivity index (χ1) is 23.8. The highest BCUT2D eigenvalue weighted by molar-refractivity contribution is 7.25. The first kappa shape index (κ1) is 27.2. The van der Waals surface area contributed by atoms with Gasteiger partial charge < -0.3 is 4.90 Å². The van der Waals surface area contributed by atoms with Gasteiger partial charge in [-0.05, 0) is 97.4 Å². The van der Waals surface area contributed by atoms with E-state index in [1.807, 2.05) is 11.3 Å². The Morgan fingerprint density at radius 3 is 1.94 bits per heavy atom. The van der Waals surface area contributed by atoms with Gasteiger partial charge >= 0.3 is 0 Å². The van der Waals surface area contributed by atoms with E-state index in [1.165, 1.54) is 80.1 Å². The first-order valence-corrected chi connectivity index (χ1v) is 17.2. The normalized spacial score (nSPS) is 11.8. The zero-order chi connectivity index (χ0) is 31.6. The van der Waals surface area contributed by atoms with Gasteiger partial charge in [-0.1, -0.05) is 127 Å². The lowest BCUT2D eigenvalue weighted by molar-refractivity contribution is 1.30. The number of fused-ring (bicyclic) bond motifs is 9. The third kappa shape index (κ3) is 4.24. The molecule has 224 valence electrons. The van der Waals surface area contributed by atoms with Crippen molar-refractivity contribution >= 4 is 91.7 Å². The van der Waals surface area contributed by atoms with Crippen LogP contribution in [0.4, 0.5) is 17.1 Å². The zero-order valence-electron chi connectivity index (χ0n) is 26.1. The van der Waals surface area contributed by atoms with Crippen molar-refractivity contribution in [3.8, 4) is 11.1 Å². The summed E-state index contributed by atoms with van der Waals surface area (Å²) in [5.41, 5.74) is 5.90. The number of benzene rings is 9. The van der Waals surface area contributed by atoms with Gasteiger partial charge in [0.2, 0.25) is 0 Å². The lowest BCUT2D eigenvalue weighted by Gasteiger charge is -2.27. The molecule has 1 heterocycles. The molecule has 2 heteroatoms. The van der Waals surface area contributed by atoms with E-state index >= 15 is 0 Å². The Labute approximate surface area is 282 Å². The van der Waals surface area contributed by atoms with Crippen molar-refractivity contribution in [3.63, 3.8) is 0 Å². The van der Waals surface area contributed by atoms with Crippen molar-refractivity contribution in [2.75, 3.05) is 4.90 Å². The van der Waals surface area contributed by atoms with E-state index in [2.05, 4.69) is 181 Å². The zero-order valence-corrected chi connectivity index (χ0v) is 26.9. The van der Waals surface area contributed by atoms with Crippen LogP contribution >= 0.6 is 11.3 Å². The van der Waals surface area contributed by atoms with Crippen molar-refractivity contribution in [1.82, 2.24) is 0 Å². The lowest BCUT2D eigenvalue weighted by atomic mass is 9.92. The van der Waals surface area contributed by atoms with Crippen LogP contribution in [0.1, 0.15) is 0 Å². The highest BCUT2D eigenvalue weighted by Gasteiger charge is 2.17. The second-order valence-electron chi connectivity index (χ2n) is 12.5. The molecule has 0 aliphatic rings. The van der Waals surface area contributed by atoms with Gasteiger partial charge in [0.15, 0.2) is 0 Å². The fraction of sp³-hybridized carbons (Fsp3) is 0. The maximum atomic E-state index is 2.40. The Morgan fingerprint density at radius 1 is 0.354 bits per heavy atom. The fourth-order valence-electron chi connectivity index (χ4n) is 7.59. The van der Waals surface area contributed by atoms with Gasteiger partial charge in [-0.15, -0.1) is 11.3 Å². The summed E-state index contributed by atoms with van der Waals surface area (Å²) < 4.78 is 2.64.